The summed E-state index contributed by atoms with van der Waals surface area (Å²) >= 11 is 14.0. The molecule has 14 atom stereocenters. The molecule has 1 fully saturated rings. The van der Waals surface area contributed by atoms with Gasteiger partial charge in [-0.05, 0) is 96.2 Å². The van der Waals surface area contributed by atoms with Gasteiger partial charge in [-0.3, -0.25) is 33.6 Å². The number of carboxylic acid groups (broad SMARTS) is 2. The van der Waals surface area contributed by atoms with Crippen LogP contribution in [0.25, 0.3) is 11.1 Å². The van der Waals surface area contributed by atoms with Crippen LogP contribution in [0, 0.1) is 5.92 Å². The fourth-order valence-corrected chi connectivity index (χ4v) is 11.9. The van der Waals surface area contributed by atoms with Gasteiger partial charge in [0, 0.05) is 22.8 Å². The van der Waals surface area contributed by atoms with Gasteiger partial charge in [-0.25, -0.2) is 14.3 Å². The Balaban J connectivity index is 1.22. The third kappa shape index (κ3) is 14.8. The van der Waals surface area contributed by atoms with Gasteiger partial charge in [-0.2, -0.15) is 0 Å². The molecule has 6 aromatic rings. The summed E-state index contributed by atoms with van der Waals surface area (Å²) in [6.45, 7) is 3.06. The van der Waals surface area contributed by atoms with Crippen molar-refractivity contribution in [2.24, 2.45) is 11.7 Å². The number of halogens is 2. The van der Waals surface area contributed by atoms with Crippen LogP contribution in [0.3, 0.4) is 0 Å². The normalized spacial score (nSPS) is 25.2. The number of amides is 7. The molecule has 19 N–H and O–H groups in total. The molecule has 7 heterocycles. The number of aromatic hydroxyl groups is 3. The number of aliphatic carboxylic acids is 1. The van der Waals surface area contributed by atoms with Gasteiger partial charge in [0.1, 0.15) is 95.6 Å². The van der Waals surface area contributed by atoms with E-state index in [1.807, 2.05) is 13.8 Å². The Morgan fingerprint density at radius 3 is 1.89 bits per heavy atom. The van der Waals surface area contributed by atoms with Gasteiger partial charge in [-0.15, -0.1) is 5.10 Å². The summed E-state index contributed by atoms with van der Waals surface area (Å²) in [6.07, 6.45) is -14.3. The van der Waals surface area contributed by atoms with Gasteiger partial charge in [0.2, 0.25) is 53.4 Å². The molecule has 1 unspecified atom stereocenters. The molecule has 36 heteroatoms. The number of carboxylic acids is 2. The number of benzene rings is 5. The number of aliphatic hydroxyl groups excluding tert-OH is 5. The van der Waals surface area contributed by atoms with Gasteiger partial charge in [-0.1, -0.05) is 60.5 Å². The van der Waals surface area contributed by atoms with Gasteiger partial charge in [0.15, 0.2) is 23.2 Å². The average Bonchev–Trinajstić information content (AvgIpc) is 0.792. The lowest BCUT2D eigenvalue weighted by molar-refractivity contribution is -0.275. The van der Waals surface area contributed by atoms with Gasteiger partial charge < -0.3 is 113 Å². The first kappa shape index (κ1) is 70.4. The highest BCUT2D eigenvalue weighted by atomic mass is 35.5. The van der Waals surface area contributed by atoms with E-state index >= 15 is 14.4 Å². The Labute approximate surface area is 562 Å². The topological polar surface area (TPSA) is 534 Å². The zero-order valence-electron chi connectivity index (χ0n) is 51.3. The molecule has 5 aromatic carbocycles. The maximum absolute atomic E-state index is 15.9. The molecule has 0 aliphatic carbocycles. The second-order valence-corrected chi connectivity index (χ2v) is 24.4. The first-order valence-electron chi connectivity index (χ1n) is 29.8. The van der Waals surface area contributed by atoms with Crippen molar-refractivity contribution in [2.75, 3.05) is 7.05 Å². The maximum Gasteiger partial charge on any atom is 0.358 e. The Morgan fingerprint density at radius 2 is 1.30 bits per heavy atom. The molecule has 0 saturated carbocycles. The lowest BCUT2D eigenvalue weighted by Gasteiger charge is -2.40. The second-order valence-electron chi connectivity index (χ2n) is 23.6. The van der Waals surface area contributed by atoms with Gasteiger partial charge >= 0.3 is 11.9 Å². The molecule has 34 nitrogen and oxygen atoms in total. The summed E-state index contributed by atoms with van der Waals surface area (Å²) in [5.41, 5.74) is 2.25. The van der Waals surface area contributed by atoms with Crippen LogP contribution in [0.15, 0.2) is 85.1 Å². The van der Waals surface area contributed by atoms with E-state index in [2.05, 4.69) is 47.5 Å². The Hall–Kier alpha value is -10.4. The second kappa shape index (κ2) is 28.7. The average molecular weight is 1400 g/mol. The Kier molecular flexibility index (Phi) is 20.6. The van der Waals surface area contributed by atoms with Crippen LogP contribution >= 0.6 is 23.2 Å². The van der Waals surface area contributed by atoms with E-state index in [1.54, 1.807) is 0 Å². The summed E-state index contributed by atoms with van der Waals surface area (Å²) in [5.74, 6) is -17.7. The highest BCUT2D eigenvalue weighted by molar-refractivity contribution is 6.32. The van der Waals surface area contributed by atoms with Crippen molar-refractivity contribution < 1.29 is 113 Å². The number of likely N-dealkylation sites (N-methyl/N-ethyl adjacent to an activating group) is 1. The first-order valence-corrected chi connectivity index (χ1v) is 30.5. The van der Waals surface area contributed by atoms with Crippen LogP contribution in [-0.2, 0) is 49.6 Å². The van der Waals surface area contributed by atoms with Crippen LogP contribution < -0.4 is 57.2 Å². The number of rotatable bonds is 13. The van der Waals surface area contributed by atoms with E-state index in [1.165, 1.54) is 13.1 Å². The molecule has 12 rings (SSSR count). The molecular formula is C62H63Cl2N11O23. The zero-order chi connectivity index (χ0) is 71.0. The lowest BCUT2D eigenvalue weighted by atomic mass is 9.89. The SMILES string of the molecule is CN[C@H](CC(C)C)C(=O)N[C@H]1C(=O)N[C@@H](CC(N)=O)C(=O)N[C@H]2C(=O)N[C@H]3C(=O)N[C@H](C(=O)N[C@H](C(=O)O)c4cc(O)cc(O)c4-c4cc3ccc4O)[C@H](O)c3ccc(c(Cl)c3)Oc3cc2cc(c3OC2O[C@@H](Cn3cc(C(=O)O)nn3)[C@H](O)[C@@H](O)[C@@H]2O)Oc2ccc(cc2Cl)[C@H]1O. The van der Waals surface area contributed by atoms with Gasteiger partial charge in [0.05, 0.1) is 35.2 Å². The number of phenols is 3. The summed E-state index contributed by atoms with van der Waals surface area (Å²) < 4.78 is 26.4. The number of aromatic nitrogens is 3. The number of hydrogen-bond donors (Lipinski definition) is 18. The molecule has 11 bridgehead atoms. The molecule has 0 spiro atoms. The van der Waals surface area contributed by atoms with Crippen molar-refractivity contribution in [1.82, 2.24) is 52.2 Å². The minimum absolute atomic E-state index is 0.101. The highest BCUT2D eigenvalue weighted by Gasteiger charge is 2.47. The quantitative estimate of drug-likeness (QED) is 0.0716. The van der Waals surface area contributed by atoms with E-state index in [0.29, 0.717) is 0 Å². The number of primary amides is 1. The van der Waals surface area contributed by atoms with Crippen molar-refractivity contribution in [3.05, 3.63) is 129 Å². The minimum atomic E-state index is -2.35. The standard InChI is InChI=1S/C62H63Cl2N11O23/c1-21(2)10-31(66-3)54(85)71-46-48(80)23-5-8-36(29(63)12-23)95-38-14-25-15-39(53(38)98-62-52(84)51(83)50(82)40(97-62)20-75-19-33(60(91)92)73-74-75)96-37-9-6-24(13-30(37)64)49(81)47-59(90)70-45(61(93)94)28-16-26(76)17-35(78)42(28)27-11-22(4-7-34(27)77)43(56(87)72-47)69-57(88)44(25)68-55(86)32(18-41(65)79)67-58(46)89/h4-9,11-17,19,21,31-32,40,43-52,62,66,76-78,80-84H,10,18,20H2,1-3H3,(H2,65,79)(H,67,89)(H,68,86)(H,69,88)(H,70,90)(H,71,85)(H,72,87)(H,91,92)(H,93,94)/t31-,32+,40+,43-,44-,45+,46-,47+,48-,49-,50+,51-,52+,62?/m1/s1. The molecule has 6 aliphatic rings. The third-order valence-electron chi connectivity index (χ3n) is 16.3. The number of nitrogens with one attached hydrogen (secondary N) is 7. The lowest BCUT2D eigenvalue weighted by Crippen LogP contribution is -2.60. The number of ether oxygens (including phenoxy) is 4. The summed E-state index contributed by atoms with van der Waals surface area (Å²) in [7, 11) is 1.46. The summed E-state index contributed by atoms with van der Waals surface area (Å²) in [6, 6.07) is -0.993. The predicted molar refractivity (Wildman–Crippen MR) is 333 cm³/mol. The van der Waals surface area contributed by atoms with Gasteiger partial charge in [0.25, 0.3) is 0 Å². The summed E-state index contributed by atoms with van der Waals surface area (Å²) in [4.78, 5) is 128. The van der Waals surface area contributed by atoms with Crippen LogP contribution in [0.1, 0.15) is 95.3 Å². The first-order chi connectivity index (χ1) is 46.4. The Bertz CT molecular complexity index is 4200. The molecule has 98 heavy (non-hydrogen) atoms. The largest absolute Gasteiger partial charge is 0.508 e. The van der Waals surface area contributed by atoms with Crippen LogP contribution in [0.2, 0.25) is 10.0 Å². The van der Waals surface area contributed by atoms with Crippen LogP contribution in [-0.4, -0.2) is 181 Å². The molecule has 1 aromatic heterocycles. The number of phenolic OH excluding ortho intramolecular Hbond substituents is 3. The number of nitrogens with two attached hydrogens (primary N) is 1. The number of fused-ring (bicyclic) bond motifs is 15. The third-order valence-corrected chi connectivity index (χ3v) is 16.9. The van der Waals surface area contributed by atoms with E-state index in [-0.39, 0.29) is 39.8 Å². The molecule has 6 aliphatic heterocycles. The molecule has 1 saturated heterocycles. The maximum atomic E-state index is 15.9. The minimum Gasteiger partial charge on any atom is -0.508 e. The Morgan fingerprint density at radius 1 is 0.684 bits per heavy atom. The molecule has 518 valence electrons. The van der Waals surface area contributed by atoms with Crippen molar-refractivity contribution in [3.8, 4) is 57.1 Å². The molecule has 0 radical (unpaired) electrons. The molecular weight excluding hydrogens is 1340 g/mol. The number of hydrogen-bond acceptors (Lipinski definition) is 24. The van der Waals surface area contributed by atoms with Crippen molar-refractivity contribution >= 4 is 76.5 Å². The highest BCUT2D eigenvalue weighted by Crippen LogP contribution is 2.49. The zero-order valence-corrected chi connectivity index (χ0v) is 52.8. The monoisotopic (exact) mass is 1400 g/mol. The van der Waals surface area contributed by atoms with Crippen LogP contribution in [0.5, 0.6) is 46.0 Å². The van der Waals surface area contributed by atoms with Crippen molar-refractivity contribution in [2.45, 2.75) is 118 Å². The van der Waals surface area contributed by atoms with Crippen molar-refractivity contribution in [3.63, 3.8) is 0 Å². The summed E-state index contributed by atoms with van der Waals surface area (Å²) in [5, 5.41) is 136. The smallest absolute Gasteiger partial charge is 0.358 e. The van der Waals surface area contributed by atoms with Crippen LogP contribution in [0.4, 0.5) is 0 Å². The molecule has 7 amide bonds. The van der Waals surface area contributed by atoms with E-state index < -0.39 is 225 Å². The van der Waals surface area contributed by atoms with E-state index in [0.717, 1.165) is 83.7 Å². The number of nitrogens with zero attached hydrogens (tertiary/aromatic N) is 3. The fourth-order valence-electron chi connectivity index (χ4n) is 11.4. The fraction of sp³-hybridized carbons (Fsp3) is 0.339. The number of aliphatic hydroxyl groups is 5. The van der Waals surface area contributed by atoms with Crippen molar-refractivity contribution in [1.29, 1.82) is 0 Å². The number of aromatic carboxylic acids is 1. The van der Waals surface area contributed by atoms with E-state index in [9.17, 15) is 79.8 Å². The predicted octanol–water partition coefficient (Wildman–Crippen LogP) is -0.134. The number of carbonyl (C=O) groups excluding carboxylic acids is 7. The number of carbonyl (C=O) groups is 9. The van der Waals surface area contributed by atoms with E-state index in [4.69, 9.17) is 47.9 Å².